The Labute approximate surface area is 84.9 Å². The molecule has 0 aliphatic heterocycles. The van der Waals surface area contributed by atoms with Gasteiger partial charge in [-0.05, 0) is 19.1 Å². The average Bonchev–Trinajstić information content (AvgIpc) is 2.22. The van der Waals surface area contributed by atoms with Crippen LogP contribution in [0.3, 0.4) is 0 Å². The molecule has 3 heteroatoms. The van der Waals surface area contributed by atoms with Gasteiger partial charge in [0.15, 0.2) is 0 Å². The van der Waals surface area contributed by atoms with Gasteiger partial charge in [-0.1, -0.05) is 26.0 Å². The number of para-hydroxylation sites is 1. The Morgan fingerprint density at radius 3 is 2.43 bits per heavy atom. The van der Waals surface area contributed by atoms with Crippen LogP contribution in [0.2, 0.25) is 0 Å². The zero-order valence-electron chi connectivity index (χ0n) is 8.91. The van der Waals surface area contributed by atoms with Crippen LogP contribution in [0.5, 0.6) is 5.75 Å². The Morgan fingerprint density at radius 1 is 1.36 bits per heavy atom. The SMILES string of the molecule is CC.CCOc1ccccc1C(N)=O. The molecule has 0 aliphatic rings. The quantitative estimate of drug-likeness (QED) is 0.803. The molecule has 0 unspecified atom stereocenters. The number of hydrogen-bond acceptors (Lipinski definition) is 2. The van der Waals surface area contributed by atoms with Gasteiger partial charge in [0.05, 0.1) is 12.2 Å². The minimum absolute atomic E-state index is 0.430. The van der Waals surface area contributed by atoms with E-state index in [1.54, 1.807) is 24.3 Å². The summed E-state index contributed by atoms with van der Waals surface area (Å²) in [4.78, 5) is 10.8. The minimum Gasteiger partial charge on any atom is -0.493 e. The fourth-order valence-electron chi connectivity index (χ4n) is 0.952. The third kappa shape index (κ3) is 3.47. The third-order valence-electron chi connectivity index (χ3n) is 1.45. The van der Waals surface area contributed by atoms with Gasteiger partial charge in [0, 0.05) is 0 Å². The number of amides is 1. The van der Waals surface area contributed by atoms with Crippen LogP contribution < -0.4 is 10.5 Å². The van der Waals surface area contributed by atoms with E-state index < -0.39 is 5.91 Å². The second-order valence-electron chi connectivity index (χ2n) is 2.29. The van der Waals surface area contributed by atoms with E-state index >= 15 is 0 Å². The lowest BCUT2D eigenvalue weighted by atomic mass is 10.2. The predicted octanol–water partition coefficient (Wildman–Crippen LogP) is 2.21. The van der Waals surface area contributed by atoms with Gasteiger partial charge in [-0.2, -0.15) is 0 Å². The molecule has 1 aromatic carbocycles. The summed E-state index contributed by atoms with van der Waals surface area (Å²) in [5, 5.41) is 0. The third-order valence-corrected chi connectivity index (χ3v) is 1.45. The van der Waals surface area contributed by atoms with E-state index in [0.717, 1.165) is 0 Å². The summed E-state index contributed by atoms with van der Waals surface area (Å²) in [6, 6.07) is 6.93. The molecule has 0 saturated carbocycles. The summed E-state index contributed by atoms with van der Waals surface area (Å²) < 4.78 is 5.20. The van der Waals surface area contributed by atoms with Gasteiger partial charge in [-0.3, -0.25) is 4.79 Å². The molecule has 1 rings (SSSR count). The molecule has 0 atom stereocenters. The van der Waals surface area contributed by atoms with Crippen LogP contribution in [0.25, 0.3) is 0 Å². The average molecular weight is 195 g/mol. The second kappa shape index (κ2) is 6.95. The maximum atomic E-state index is 10.8. The topological polar surface area (TPSA) is 52.3 Å². The van der Waals surface area contributed by atoms with Gasteiger partial charge < -0.3 is 10.5 Å². The smallest absolute Gasteiger partial charge is 0.252 e. The monoisotopic (exact) mass is 195 g/mol. The Hall–Kier alpha value is -1.51. The largest absolute Gasteiger partial charge is 0.493 e. The summed E-state index contributed by atoms with van der Waals surface area (Å²) in [5.41, 5.74) is 5.56. The van der Waals surface area contributed by atoms with Crippen LogP contribution in [-0.4, -0.2) is 12.5 Å². The molecular weight excluding hydrogens is 178 g/mol. The van der Waals surface area contributed by atoms with E-state index in [2.05, 4.69) is 0 Å². The Kier molecular flexibility index (Phi) is 6.20. The fourth-order valence-corrected chi connectivity index (χ4v) is 0.952. The molecule has 1 amide bonds. The molecule has 0 bridgehead atoms. The minimum atomic E-state index is -0.459. The first-order chi connectivity index (χ1) is 6.75. The lowest BCUT2D eigenvalue weighted by Gasteiger charge is -2.05. The summed E-state index contributed by atoms with van der Waals surface area (Å²) >= 11 is 0. The normalized spacial score (nSPS) is 8.50. The molecule has 0 fully saturated rings. The van der Waals surface area contributed by atoms with E-state index in [-0.39, 0.29) is 0 Å². The molecule has 1 aromatic rings. The van der Waals surface area contributed by atoms with Crippen molar-refractivity contribution in [1.29, 1.82) is 0 Å². The fraction of sp³-hybridized carbons (Fsp3) is 0.364. The number of benzene rings is 1. The van der Waals surface area contributed by atoms with Crippen LogP contribution >= 0.6 is 0 Å². The Bertz CT molecular complexity index is 284. The highest BCUT2D eigenvalue weighted by molar-refractivity contribution is 5.95. The van der Waals surface area contributed by atoms with Gasteiger partial charge in [0.2, 0.25) is 0 Å². The van der Waals surface area contributed by atoms with Crippen molar-refractivity contribution < 1.29 is 9.53 Å². The van der Waals surface area contributed by atoms with E-state index in [0.29, 0.717) is 17.9 Å². The lowest BCUT2D eigenvalue weighted by Crippen LogP contribution is -2.12. The van der Waals surface area contributed by atoms with Gasteiger partial charge in [-0.15, -0.1) is 0 Å². The first-order valence-electron chi connectivity index (χ1n) is 4.77. The highest BCUT2D eigenvalue weighted by Crippen LogP contribution is 2.16. The number of carbonyl (C=O) groups is 1. The first kappa shape index (κ1) is 12.5. The molecule has 0 radical (unpaired) electrons. The molecular formula is C11H17NO2. The standard InChI is InChI=1S/C9H11NO2.C2H6/c1-2-12-8-6-4-3-5-7(8)9(10)11;1-2/h3-6H,2H2,1H3,(H2,10,11);1-2H3. The number of primary amides is 1. The molecule has 0 heterocycles. The van der Waals surface area contributed by atoms with Crippen molar-refractivity contribution in [3.05, 3.63) is 29.8 Å². The summed E-state index contributed by atoms with van der Waals surface area (Å²) in [7, 11) is 0. The zero-order valence-corrected chi connectivity index (χ0v) is 8.91. The highest BCUT2D eigenvalue weighted by atomic mass is 16.5. The maximum absolute atomic E-state index is 10.8. The number of hydrogen-bond donors (Lipinski definition) is 1. The molecule has 0 spiro atoms. The first-order valence-corrected chi connectivity index (χ1v) is 4.77. The highest BCUT2D eigenvalue weighted by Gasteiger charge is 2.06. The van der Waals surface area contributed by atoms with Crippen molar-refractivity contribution in [1.82, 2.24) is 0 Å². The van der Waals surface area contributed by atoms with Crippen LogP contribution in [0.4, 0.5) is 0 Å². The van der Waals surface area contributed by atoms with Crippen molar-refractivity contribution in [3.8, 4) is 5.75 Å². The summed E-state index contributed by atoms with van der Waals surface area (Å²) in [5.74, 6) is 0.0894. The van der Waals surface area contributed by atoms with Crippen LogP contribution in [0.15, 0.2) is 24.3 Å². The number of nitrogens with two attached hydrogens (primary N) is 1. The predicted molar refractivity (Wildman–Crippen MR) is 57.5 cm³/mol. The van der Waals surface area contributed by atoms with E-state index in [9.17, 15) is 4.79 Å². The van der Waals surface area contributed by atoms with Gasteiger partial charge in [-0.25, -0.2) is 0 Å². The molecule has 14 heavy (non-hydrogen) atoms. The molecule has 0 aromatic heterocycles. The number of rotatable bonds is 3. The van der Waals surface area contributed by atoms with Crippen LogP contribution in [-0.2, 0) is 0 Å². The second-order valence-corrected chi connectivity index (χ2v) is 2.29. The summed E-state index contributed by atoms with van der Waals surface area (Å²) in [6.45, 7) is 6.39. The van der Waals surface area contributed by atoms with Gasteiger partial charge in [0.25, 0.3) is 5.91 Å². The molecule has 0 aliphatic carbocycles. The number of ether oxygens (including phenoxy) is 1. The molecule has 3 nitrogen and oxygen atoms in total. The molecule has 0 saturated heterocycles. The van der Waals surface area contributed by atoms with Crippen LogP contribution in [0, 0.1) is 0 Å². The van der Waals surface area contributed by atoms with E-state index in [4.69, 9.17) is 10.5 Å². The van der Waals surface area contributed by atoms with E-state index in [1.165, 1.54) is 0 Å². The zero-order chi connectivity index (χ0) is 11.0. The van der Waals surface area contributed by atoms with Crippen molar-refractivity contribution in [2.45, 2.75) is 20.8 Å². The van der Waals surface area contributed by atoms with Crippen molar-refractivity contribution in [2.75, 3.05) is 6.61 Å². The lowest BCUT2D eigenvalue weighted by molar-refractivity contribution is 0.0996. The van der Waals surface area contributed by atoms with Crippen molar-refractivity contribution >= 4 is 5.91 Å². The number of carbonyl (C=O) groups excluding carboxylic acids is 1. The van der Waals surface area contributed by atoms with Crippen molar-refractivity contribution in [2.24, 2.45) is 5.73 Å². The van der Waals surface area contributed by atoms with Crippen molar-refractivity contribution in [3.63, 3.8) is 0 Å². The Morgan fingerprint density at radius 2 is 1.93 bits per heavy atom. The summed E-state index contributed by atoms with van der Waals surface area (Å²) in [6.07, 6.45) is 0. The van der Waals surface area contributed by atoms with Crippen LogP contribution in [0.1, 0.15) is 31.1 Å². The molecule has 78 valence electrons. The molecule has 2 N–H and O–H groups in total. The van der Waals surface area contributed by atoms with Gasteiger partial charge >= 0.3 is 0 Å². The van der Waals surface area contributed by atoms with E-state index in [1.807, 2.05) is 20.8 Å². The maximum Gasteiger partial charge on any atom is 0.252 e. The van der Waals surface area contributed by atoms with Gasteiger partial charge in [0.1, 0.15) is 5.75 Å². The Balaban J connectivity index is 0.000000791.